The van der Waals surface area contributed by atoms with E-state index in [-0.39, 0.29) is 30.3 Å². The van der Waals surface area contributed by atoms with Crippen LogP contribution in [-0.4, -0.2) is 67.2 Å². The average molecular weight is 623 g/mol. The fraction of sp³-hybridized carbons (Fsp3) is 0.312. The van der Waals surface area contributed by atoms with Gasteiger partial charge in [-0.05, 0) is 61.4 Å². The lowest BCUT2D eigenvalue weighted by molar-refractivity contribution is -0.137. The molecule has 1 atom stereocenters. The van der Waals surface area contributed by atoms with Crippen LogP contribution >= 0.6 is 0 Å². The Kier molecular flexibility index (Phi) is 8.33. The number of benzene rings is 3. The van der Waals surface area contributed by atoms with Crippen molar-refractivity contribution in [3.05, 3.63) is 65.7 Å². The molecule has 234 valence electrons. The third kappa shape index (κ3) is 6.28. The zero-order valence-electron chi connectivity index (χ0n) is 24.5. The number of carbonyl (C=O) groups is 1. The molecule has 0 saturated carbocycles. The van der Waals surface area contributed by atoms with E-state index >= 15 is 0 Å². The normalized spacial score (nSPS) is 15.8. The summed E-state index contributed by atoms with van der Waals surface area (Å²) in [5.41, 5.74) is 1.17. The van der Waals surface area contributed by atoms with Crippen molar-refractivity contribution in [2.45, 2.75) is 31.5 Å². The number of hydrogen-bond donors (Lipinski definition) is 0. The number of aromatic nitrogens is 2. The average Bonchev–Trinajstić information content (AvgIpc) is 3.71. The van der Waals surface area contributed by atoms with Crippen molar-refractivity contribution in [3.8, 4) is 45.9 Å². The molecule has 2 aliphatic heterocycles. The minimum Gasteiger partial charge on any atom is -0.493 e. The van der Waals surface area contributed by atoms with Gasteiger partial charge >= 0.3 is 6.18 Å². The van der Waals surface area contributed by atoms with Crippen LogP contribution in [0.15, 0.2) is 64.0 Å². The lowest BCUT2D eigenvalue weighted by atomic mass is 10.1. The molecule has 0 N–H and O–H groups in total. The summed E-state index contributed by atoms with van der Waals surface area (Å²) in [4.78, 5) is 19.5. The van der Waals surface area contributed by atoms with Gasteiger partial charge in [-0.2, -0.15) is 13.2 Å². The molecule has 1 aromatic heterocycles. The maximum atomic E-state index is 13.1. The van der Waals surface area contributed by atoms with E-state index < -0.39 is 11.7 Å². The van der Waals surface area contributed by atoms with Crippen molar-refractivity contribution in [1.82, 2.24) is 15.1 Å². The highest BCUT2D eigenvalue weighted by atomic mass is 19.4. The second-order valence-corrected chi connectivity index (χ2v) is 10.4. The largest absolute Gasteiger partial charge is 0.493 e. The highest BCUT2D eigenvalue weighted by Gasteiger charge is 2.33. The van der Waals surface area contributed by atoms with E-state index in [2.05, 4.69) is 15.2 Å². The topological polar surface area (TPSA) is 109 Å². The number of rotatable bonds is 10. The van der Waals surface area contributed by atoms with E-state index in [4.69, 9.17) is 23.4 Å². The molecule has 0 bridgehead atoms. The molecular weight excluding hydrogens is 593 g/mol. The van der Waals surface area contributed by atoms with E-state index in [9.17, 15) is 18.0 Å². The maximum absolute atomic E-state index is 13.1. The summed E-state index contributed by atoms with van der Waals surface area (Å²) in [6.07, 6.45) is -0.253. The first-order valence-corrected chi connectivity index (χ1v) is 14.3. The third-order valence-corrected chi connectivity index (χ3v) is 7.56. The van der Waals surface area contributed by atoms with E-state index in [1.54, 1.807) is 30.3 Å². The zero-order chi connectivity index (χ0) is 31.6. The molecule has 0 aliphatic carbocycles. The van der Waals surface area contributed by atoms with Gasteiger partial charge in [-0.25, -0.2) is 0 Å². The Hall–Kier alpha value is -5.07. The number of fused-ring (bicyclic) bond motifs is 2. The molecular formula is C32H29F3N4O6. The van der Waals surface area contributed by atoms with Gasteiger partial charge in [0.15, 0.2) is 23.0 Å². The number of ether oxygens (including phenoxy) is 4. The first kappa shape index (κ1) is 30.0. The monoisotopic (exact) mass is 622 g/mol. The van der Waals surface area contributed by atoms with Crippen LogP contribution in [0, 0.1) is 0 Å². The predicted octanol–water partition coefficient (Wildman–Crippen LogP) is 6.61. The molecule has 45 heavy (non-hydrogen) atoms. The molecule has 1 amide bonds. The molecule has 3 heterocycles. The van der Waals surface area contributed by atoms with E-state index in [0.717, 1.165) is 25.0 Å². The molecule has 13 heteroatoms. The van der Waals surface area contributed by atoms with Crippen LogP contribution < -0.4 is 18.9 Å². The van der Waals surface area contributed by atoms with Gasteiger partial charge in [0.05, 0.1) is 50.3 Å². The number of amides is 1. The quantitative estimate of drug-likeness (QED) is 0.182. The van der Waals surface area contributed by atoms with Crippen molar-refractivity contribution in [1.29, 1.82) is 0 Å². The predicted molar refractivity (Wildman–Crippen MR) is 158 cm³/mol. The Morgan fingerprint density at radius 2 is 1.53 bits per heavy atom. The molecule has 4 aromatic rings. The van der Waals surface area contributed by atoms with Crippen LogP contribution in [0.1, 0.15) is 35.2 Å². The fourth-order valence-electron chi connectivity index (χ4n) is 5.22. The van der Waals surface area contributed by atoms with Crippen molar-refractivity contribution >= 4 is 17.8 Å². The Morgan fingerprint density at radius 3 is 2.22 bits per heavy atom. The number of halogens is 3. The van der Waals surface area contributed by atoms with Crippen molar-refractivity contribution < 1.29 is 41.3 Å². The number of nitrogens with zero attached hydrogens (tertiary/aromatic N) is 4. The minimum absolute atomic E-state index is 0.00817. The van der Waals surface area contributed by atoms with E-state index in [1.807, 2.05) is 11.1 Å². The molecule has 10 nitrogen and oxygen atoms in total. The molecule has 2 aliphatic rings. The van der Waals surface area contributed by atoms with Crippen molar-refractivity contribution in [2.24, 2.45) is 4.99 Å². The number of hydrogen-bond acceptors (Lipinski definition) is 9. The van der Waals surface area contributed by atoms with Gasteiger partial charge in [0, 0.05) is 36.4 Å². The summed E-state index contributed by atoms with van der Waals surface area (Å²) >= 11 is 0. The molecule has 3 aromatic carbocycles. The fourth-order valence-corrected chi connectivity index (χ4v) is 5.22. The van der Waals surface area contributed by atoms with Crippen molar-refractivity contribution in [2.75, 3.05) is 34.0 Å². The van der Waals surface area contributed by atoms with Crippen LogP contribution in [0.5, 0.6) is 23.0 Å². The summed E-state index contributed by atoms with van der Waals surface area (Å²) in [7, 11) is 3.04. The Balaban J connectivity index is 1.09. The zero-order valence-corrected chi connectivity index (χ0v) is 24.5. The number of methoxy groups -OCH3 is 2. The molecule has 6 rings (SSSR count). The van der Waals surface area contributed by atoms with Gasteiger partial charge in [-0.1, -0.05) is 0 Å². The molecule has 1 fully saturated rings. The lowest BCUT2D eigenvalue weighted by Crippen LogP contribution is -2.35. The third-order valence-electron chi connectivity index (χ3n) is 7.56. The molecule has 0 radical (unpaired) electrons. The smallest absolute Gasteiger partial charge is 0.416 e. The summed E-state index contributed by atoms with van der Waals surface area (Å²) in [6, 6.07) is 13.0. The van der Waals surface area contributed by atoms with Crippen LogP contribution in [0.4, 0.5) is 18.9 Å². The lowest BCUT2D eigenvalue weighted by Gasteiger charge is -2.20. The SMILES string of the molecule is COc1ccc(-c2nnc(-c3ccc(C(F)(F)F)cc3)o2)cc1OCCCOc1cc2c(cc1OC)C(=O)N1CCC[C@H]1C=N2. The highest BCUT2D eigenvalue weighted by molar-refractivity contribution is 6.03. The van der Waals surface area contributed by atoms with Gasteiger partial charge in [-0.3, -0.25) is 9.79 Å². The summed E-state index contributed by atoms with van der Waals surface area (Å²) in [5, 5.41) is 8.03. The number of carbonyl (C=O) groups excluding carboxylic acids is 1. The maximum Gasteiger partial charge on any atom is 0.416 e. The highest BCUT2D eigenvalue weighted by Crippen LogP contribution is 2.38. The summed E-state index contributed by atoms with van der Waals surface area (Å²) < 4.78 is 67.3. The number of aliphatic imine (C=N–C) groups is 1. The molecule has 0 unspecified atom stereocenters. The Bertz CT molecular complexity index is 1720. The first-order chi connectivity index (χ1) is 21.7. The van der Waals surface area contributed by atoms with Crippen LogP contribution in [0.25, 0.3) is 22.9 Å². The standard InChI is InChI=1S/C32H29F3N4O6/c1-41-25-11-8-20(30-38-37-29(45-30)19-6-9-21(10-7-19)32(33,34)35)15-27(25)43-13-4-14-44-28-17-24-23(16-26(28)42-2)31(40)39-12-3-5-22(39)18-36-24/h6-11,15-18,22H,3-5,12-14H2,1-2H3/t22-/m0/s1. The second kappa shape index (κ2) is 12.5. The first-order valence-electron chi connectivity index (χ1n) is 14.3. The second-order valence-electron chi connectivity index (χ2n) is 10.4. The van der Waals surface area contributed by atoms with E-state index in [1.165, 1.54) is 26.4 Å². The van der Waals surface area contributed by atoms with Gasteiger partial charge in [0.2, 0.25) is 11.8 Å². The van der Waals surface area contributed by atoms with Crippen LogP contribution in [-0.2, 0) is 6.18 Å². The molecule has 1 saturated heterocycles. The summed E-state index contributed by atoms with van der Waals surface area (Å²) in [6.45, 7) is 1.28. The van der Waals surface area contributed by atoms with Crippen LogP contribution in [0.3, 0.4) is 0 Å². The minimum atomic E-state index is -4.44. The van der Waals surface area contributed by atoms with Crippen LogP contribution in [0.2, 0.25) is 0 Å². The van der Waals surface area contributed by atoms with E-state index in [0.29, 0.717) is 64.9 Å². The Morgan fingerprint density at radius 1 is 0.867 bits per heavy atom. The van der Waals surface area contributed by atoms with Gasteiger partial charge in [0.1, 0.15) is 0 Å². The van der Waals surface area contributed by atoms with Gasteiger partial charge in [-0.15, -0.1) is 10.2 Å². The Labute approximate surface area is 256 Å². The van der Waals surface area contributed by atoms with Gasteiger partial charge in [0.25, 0.3) is 5.91 Å². The van der Waals surface area contributed by atoms with Gasteiger partial charge < -0.3 is 28.3 Å². The molecule has 0 spiro atoms. The summed E-state index contributed by atoms with van der Waals surface area (Å²) in [5.74, 6) is 2.02. The van der Waals surface area contributed by atoms with Crippen molar-refractivity contribution in [3.63, 3.8) is 0 Å². The number of alkyl halides is 3.